The first kappa shape index (κ1) is 13.2. The van der Waals surface area contributed by atoms with Crippen molar-refractivity contribution in [2.24, 2.45) is 0 Å². The third kappa shape index (κ3) is 3.59. The molecule has 1 amide bonds. The SMILES string of the molecule is COC(C(=O)NCc1ccncn1)c1ccccc1. The van der Waals surface area contributed by atoms with Crippen molar-refractivity contribution in [1.29, 1.82) is 0 Å². The van der Waals surface area contributed by atoms with E-state index >= 15 is 0 Å². The molecule has 0 aliphatic carbocycles. The first-order valence-corrected chi connectivity index (χ1v) is 5.91. The summed E-state index contributed by atoms with van der Waals surface area (Å²) in [6.45, 7) is 0.355. The highest BCUT2D eigenvalue weighted by Crippen LogP contribution is 2.16. The molecule has 1 atom stereocenters. The lowest BCUT2D eigenvalue weighted by Gasteiger charge is -2.15. The molecule has 19 heavy (non-hydrogen) atoms. The highest BCUT2D eigenvalue weighted by Gasteiger charge is 2.19. The van der Waals surface area contributed by atoms with Crippen LogP contribution in [-0.2, 0) is 16.1 Å². The van der Waals surface area contributed by atoms with Crippen molar-refractivity contribution in [3.05, 3.63) is 60.2 Å². The minimum atomic E-state index is -0.608. The second-order valence-corrected chi connectivity index (χ2v) is 3.94. The van der Waals surface area contributed by atoms with Gasteiger partial charge >= 0.3 is 0 Å². The maximum Gasteiger partial charge on any atom is 0.254 e. The van der Waals surface area contributed by atoms with Gasteiger partial charge in [0.1, 0.15) is 6.33 Å². The number of aromatic nitrogens is 2. The van der Waals surface area contributed by atoms with E-state index in [1.807, 2.05) is 30.3 Å². The second-order valence-electron chi connectivity index (χ2n) is 3.94. The minimum absolute atomic E-state index is 0.188. The van der Waals surface area contributed by atoms with Gasteiger partial charge in [-0.25, -0.2) is 9.97 Å². The molecule has 98 valence electrons. The van der Waals surface area contributed by atoms with Crippen LogP contribution >= 0.6 is 0 Å². The molecule has 5 heteroatoms. The Hall–Kier alpha value is -2.27. The van der Waals surface area contributed by atoms with Crippen LogP contribution in [0.3, 0.4) is 0 Å². The van der Waals surface area contributed by atoms with E-state index in [0.29, 0.717) is 6.54 Å². The summed E-state index contributed by atoms with van der Waals surface area (Å²) in [5.41, 5.74) is 1.58. The third-order valence-electron chi connectivity index (χ3n) is 2.66. The summed E-state index contributed by atoms with van der Waals surface area (Å²) in [4.78, 5) is 19.9. The van der Waals surface area contributed by atoms with Crippen LogP contribution in [0.2, 0.25) is 0 Å². The van der Waals surface area contributed by atoms with Crippen molar-refractivity contribution in [1.82, 2.24) is 15.3 Å². The number of methoxy groups -OCH3 is 1. The quantitative estimate of drug-likeness (QED) is 0.881. The molecule has 0 saturated heterocycles. The first-order valence-electron chi connectivity index (χ1n) is 5.91. The van der Waals surface area contributed by atoms with Gasteiger partial charge in [0.05, 0.1) is 12.2 Å². The molecular formula is C14H15N3O2. The molecular weight excluding hydrogens is 242 g/mol. The average molecular weight is 257 g/mol. The van der Waals surface area contributed by atoms with Crippen molar-refractivity contribution in [3.8, 4) is 0 Å². The van der Waals surface area contributed by atoms with Crippen LogP contribution in [-0.4, -0.2) is 23.0 Å². The summed E-state index contributed by atoms with van der Waals surface area (Å²) in [7, 11) is 1.52. The first-order chi connectivity index (χ1) is 9.31. The second kappa shape index (κ2) is 6.61. The Morgan fingerprint density at radius 1 is 1.32 bits per heavy atom. The minimum Gasteiger partial charge on any atom is -0.367 e. The van der Waals surface area contributed by atoms with Gasteiger partial charge in [-0.15, -0.1) is 0 Å². The van der Waals surface area contributed by atoms with Gasteiger partial charge in [0.2, 0.25) is 0 Å². The van der Waals surface area contributed by atoms with E-state index in [1.165, 1.54) is 13.4 Å². The fourth-order valence-corrected chi connectivity index (χ4v) is 1.72. The lowest BCUT2D eigenvalue weighted by atomic mass is 10.1. The average Bonchev–Trinajstić information content (AvgIpc) is 2.48. The zero-order valence-electron chi connectivity index (χ0n) is 10.6. The molecule has 1 heterocycles. The van der Waals surface area contributed by atoms with E-state index in [2.05, 4.69) is 15.3 Å². The zero-order chi connectivity index (χ0) is 13.5. The number of hydrogen-bond donors (Lipinski definition) is 1. The Morgan fingerprint density at radius 2 is 2.11 bits per heavy atom. The topological polar surface area (TPSA) is 64.1 Å². The molecule has 0 radical (unpaired) electrons. The Kier molecular flexibility index (Phi) is 4.58. The summed E-state index contributed by atoms with van der Waals surface area (Å²) < 4.78 is 5.24. The van der Waals surface area contributed by atoms with Crippen LogP contribution in [0.15, 0.2) is 48.9 Å². The largest absolute Gasteiger partial charge is 0.367 e. The summed E-state index contributed by atoms with van der Waals surface area (Å²) in [6.07, 6.45) is 2.48. The van der Waals surface area contributed by atoms with E-state index < -0.39 is 6.10 Å². The predicted octanol–water partition coefficient (Wildman–Crippen LogP) is 1.48. The Labute approximate surface area is 111 Å². The van der Waals surface area contributed by atoms with Gasteiger partial charge in [-0.3, -0.25) is 4.79 Å². The van der Waals surface area contributed by atoms with Crippen molar-refractivity contribution >= 4 is 5.91 Å². The van der Waals surface area contributed by atoms with E-state index in [0.717, 1.165) is 11.3 Å². The monoisotopic (exact) mass is 257 g/mol. The van der Waals surface area contributed by atoms with E-state index in [4.69, 9.17) is 4.74 Å². The van der Waals surface area contributed by atoms with E-state index in [-0.39, 0.29) is 5.91 Å². The number of carbonyl (C=O) groups excluding carboxylic acids is 1. The van der Waals surface area contributed by atoms with Gasteiger partial charge in [0.15, 0.2) is 6.10 Å². The lowest BCUT2D eigenvalue weighted by Crippen LogP contribution is -2.30. The number of hydrogen-bond acceptors (Lipinski definition) is 4. The fourth-order valence-electron chi connectivity index (χ4n) is 1.72. The molecule has 0 aliphatic rings. The number of nitrogens with one attached hydrogen (secondary N) is 1. The summed E-state index contributed by atoms with van der Waals surface area (Å²) in [5, 5.41) is 2.79. The zero-order valence-corrected chi connectivity index (χ0v) is 10.6. The number of benzene rings is 1. The fraction of sp³-hybridized carbons (Fsp3) is 0.214. The summed E-state index contributed by atoms with van der Waals surface area (Å²) >= 11 is 0. The molecule has 0 fully saturated rings. The maximum atomic E-state index is 12.1. The van der Waals surface area contributed by atoms with Crippen LogP contribution in [0.4, 0.5) is 0 Å². The molecule has 0 spiro atoms. The van der Waals surface area contributed by atoms with Crippen molar-refractivity contribution in [2.75, 3.05) is 7.11 Å². The van der Waals surface area contributed by atoms with Crippen molar-refractivity contribution in [3.63, 3.8) is 0 Å². The molecule has 0 bridgehead atoms. The van der Waals surface area contributed by atoms with Crippen molar-refractivity contribution in [2.45, 2.75) is 12.6 Å². The van der Waals surface area contributed by atoms with Gasteiger partial charge in [0, 0.05) is 13.3 Å². The van der Waals surface area contributed by atoms with E-state index in [9.17, 15) is 4.79 Å². The lowest BCUT2D eigenvalue weighted by molar-refractivity contribution is -0.131. The Balaban J connectivity index is 1.98. The molecule has 2 rings (SSSR count). The standard InChI is InChI=1S/C14H15N3O2/c1-19-13(11-5-3-2-4-6-11)14(18)16-9-12-7-8-15-10-17-12/h2-8,10,13H,9H2,1H3,(H,16,18). The number of nitrogens with zero attached hydrogens (tertiary/aromatic N) is 2. The van der Waals surface area contributed by atoms with E-state index in [1.54, 1.807) is 12.3 Å². The number of amides is 1. The van der Waals surface area contributed by atoms with Crippen LogP contribution < -0.4 is 5.32 Å². The summed E-state index contributed by atoms with van der Waals surface area (Å²) in [6, 6.07) is 11.1. The van der Waals surface area contributed by atoms with Gasteiger partial charge in [-0.05, 0) is 11.6 Å². The Morgan fingerprint density at radius 3 is 2.74 bits per heavy atom. The van der Waals surface area contributed by atoms with Crippen LogP contribution in [0.5, 0.6) is 0 Å². The molecule has 0 aliphatic heterocycles. The van der Waals surface area contributed by atoms with Gasteiger partial charge in [0.25, 0.3) is 5.91 Å². The normalized spacial score (nSPS) is 11.8. The number of ether oxygens (including phenoxy) is 1. The maximum absolute atomic E-state index is 12.1. The van der Waals surface area contributed by atoms with Crippen LogP contribution in [0.1, 0.15) is 17.4 Å². The third-order valence-corrected chi connectivity index (χ3v) is 2.66. The van der Waals surface area contributed by atoms with Gasteiger partial charge in [-0.2, -0.15) is 0 Å². The molecule has 2 aromatic rings. The molecule has 5 nitrogen and oxygen atoms in total. The molecule has 0 saturated carbocycles. The van der Waals surface area contributed by atoms with Gasteiger partial charge in [-0.1, -0.05) is 30.3 Å². The molecule has 1 unspecified atom stereocenters. The van der Waals surface area contributed by atoms with Crippen LogP contribution in [0, 0.1) is 0 Å². The number of carbonyl (C=O) groups is 1. The smallest absolute Gasteiger partial charge is 0.254 e. The highest BCUT2D eigenvalue weighted by atomic mass is 16.5. The molecule has 1 aromatic heterocycles. The Bertz CT molecular complexity index is 517. The van der Waals surface area contributed by atoms with Crippen LogP contribution in [0.25, 0.3) is 0 Å². The van der Waals surface area contributed by atoms with Crippen molar-refractivity contribution < 1.29 is 9.53 Å². The number of rotatable bonds is 5. The predicted molar refractivity (Wildman–Crippen MR) is 70.1 cm³/mol. The highest BCUT2D eigenvalue weighted by molar-refractivity contribution is 5.82. The van der Waals surface area contributed by atoms with Gasteiger partial charge < -0.3 is 10.1 Å². The summed E-state index contributed by atoms with van der Waals surface area (Å²) in [5.74, 6) is -0.188. The molecule has 1 N–H and O–H groups in total. The molecule has 1 aromatic carbocycles.